The van der Waals surface area contributed by atoms with Crippen LogP contribution in [-0.4, -0.2) is 10.8 Å². The molecule has 2 rings (SSSR count). The van der Waals surface area contributed by atoms with Gasteiger partial charge in [-0.15, -0.1) is 0 Å². The third-order valence-corrected chi connectivity index (χ3v) is 3.50. The number of carbonyl (C=O) groups excluding carboxylic acids is 1. The maximum absolute atomic E-state index is 11.3. The van der Waals surface area contributed by atoms with Crippen molar-refractivity contribution in [3.05, 3.63) is 28.5 Å². The van der Waals surface area contributed by atoms with Crippen LogP contribution in [0.15, 0.2) is 22.8 Å². The van der Waals surface area contributed by atoms with Gasteiger partial charge in [-0.25, -0.2) is 0 Å². The predicted molar refractivity (Wildman–Crippen MR) is 62.6 cm³/mol. The third-order valence-electron chi connectivity index (χ3n) is 3.03. The molecule has 0 spiro atoms. The average Bonchev–Trinajstić information content (AvgIpc) is 2.50. The highest BCUT2D eigenvalue weighted by Crippen LogP contribution is 2.38. The van der Waals surface area contributed by atoms with Gasteiger partial charge in [0.1, 0.15) is 5.78 Å². The Bertz CT molecular complexity index is 374. The monoisotopic (exact) mass is 267 g/mol. The number of Topliss-reactive ketones (excluding diaryl/α,β-unsaturated/α-hetero) is 1. The summed E-state index contributed by atoms with van der Waals surface area (Å²) < 4.78 is 0.999. The number of pyridine rings is 1. The van der Waals surface area contributed by atoms with Gasteiger partial charge >= 0.3 is 0 Å². The van der Waals surface area contributed by atoms with Crippen molar-refractivity contribution in [3.63, 3.8) is 0 Å². The molecule has 1 saturated carbocycles. The van der Waals surface area contributed by atoms with Gasteiger partial charge in [0.2, 0.25) is 0 Å². The van der Waals surface area contributed by atoms with Gasteiger partial charge in [-0.05, 0) is 46.3 Å². The lowest BCUT2D eigenvalue weighted by atomic mass is 9.84. The summed E-state index contributed by atoms with van der Waals surface area (Å²) >= 11 is 3.36. The molecule has 0 N–H and O–H groups in total. The summed E-state index contributed by atoms with van der Waals surface area (Å²) in [6, 6.07) is 4.03. The molecule has 0 saturated heterocycles. The van der Waals surface area contributed by atoms with E-state index in [2.05, 4.69) is 27.8 Å². The highest BCUT2D eigenvalue weighted by atomic mass is 79.9. The molecule has 1 aliphatic rings. The molecule has 1 fully saturated rings. The third kappa shape index (κ3) is 2.65. The van der Waals surface area contributed by atoms with Crippen LogP contribution in [0.1, 0.15) is 31.9 Å². The van der Waals surface area contributed by atoms with E-state index >= 15 is 0 Å². The van der Waals surface area contributed by atoms with Crippen molar-refractivity contribution in [1.82, 2.24) is 4.98 Å². The highest BCUT2D eigenvalue weighted by molar-refractivity contribution is 9.10. The van der Waals surface area contributed by atoms with Crippen molar-refractivity contribution in [1.29, 1.82) is 0 Å². The molecule has 15 heavy (non-hydrogen) atoms. The lowest BCUT2D eigenvalue weighted by molar-refractivity contribution is -0.117. The summed E-state index contributed by atoms with van der Waals surface area (Å²) in [6.07, 6.45) is 5.18. The first kappa shape index (κ1) is 10.8. The molecule has 1 aromatic rings. The predicted octanol–water partition coefficient (Wildman–Crippen LogP) is 3.15. The van der Waals surface area contributed by atoms with Gasteiger partial charge in [-0.3, -0.25) is 9.78 Å². The molecule has 0 aromatic carbocycles. The number of aromatic nitrogens is 1. The fourth-order valence-electron chi connectivity index (χ4n) is 2.19. The molecule has 0 radical (unpaired) electrons. The van der Waals surface area contributed by atoms with Crippen molar-refractivity contribution in [2.45, 2.75) is 32.6 Å². The van der Waals surface area contributed by atoms with Crippen LogP contribution in [0, 0.1) is 5.41 Å². The van der Waals surface area contributed by atoms with Crippen LogP contribution in [0.2, 0.25) is 0 Å². The van der Waals surface area contributed by atoms with Crippen LogP contribution >= 0.6 is 15.9 Å². The molecule has 0 amide bonds. The molecule has 1 heterocycles. The number of hydrogen-bond donors (Lipinski definition) is 0. The Morgan fingerprint density at radius 2 is 2.33 bits per heavy atom. The standard InChI is InChI=1S/C12H14BrNO/c1-12(5-4-11(15)7-12)6-10-3-2-9(13)8-14-10/h2-3,8H,4-7H2,1H3. The summed E-state index contributed by atoms with van der Waals surface area (Å²) in [7, 11) is 0. The first-order chi connectivity index (χ1) is 7.07. The molecule has 3 heteroatoms. The molecule has 80 valence electrons. The normalized spacial score (nSPS) is 25.9. The van der Waals surface area contributed by atoms with Crippen LogP contribution in [0.5, 0.6) is 0 Å². The lowest BCUT2D eigenvalue weighted by Gasteiger charge is -2.21. The summed E-state index contributed by atoms with van der Waals surface area (Å²) in [5.74, 6) is 0.398. The fraction of sp³-hybridized carbons (Fsp3) is 0.500. The zero-order valence-electron chi connectivity index (χ0n) is 8.79. The van der Waals surface area contributed by atoms with Crippen LogP contribution < -0.4 is 0 Å². The zero-order chi connectivity index (χ0) is 10.9. The van der Waals surface area contributed by atoms with E-state index in [1.165, 1.54) is 0 Å². The molecule has 0 bridgehead atoms. The molecular weight excluding hydrogens is 254 g/mol. The molecule has 1 unspecified atom stereocenters. The van der Waals surface area contributed by atoms with Crippen LogP contribution in [0.4, 0.5) is 0 Å². The maximum atomic E-state index is 11.3. The van der Waals surface area contributed by atoms with E-state index in [9.17, 15) is 4.79 Å². The Morgan fingerprint density at radius 3 is 2.87 bits per heavy atom. The van der Waals surface area contributed by atoms with Crippen LogP contribution in [-0.2, 0) is 11.2 Å². The quantitative estimate of drug-likeness (QED) is 0.824. The van der Waals surface area contributed by atoms with Gasteiger partial charge in [0.25, 0.3) is 0 Å². The van der Waals surface area contributed by atoms with Gasteiger partial charge < -0.3 is 0 Å². The number of rotatable bonds is 2. The van der Waals surface area contributed by atoms with Crippen molar-refractivity contribution < 1.29 is 4.79 Å². The molecule has 1 aliphatic carbocycles. The second kappa shape index (κ2) is 4.05. The smallest absolute Gasteiger partial charge is 0.133 e. The Hall–Kier alpha value is -0.700. The van der Waals surface area contributed by atoms with E-state index in [0.717, 1.165) is 29.4 Å². The van der Waals surface area contributed by atoms with E-state index in [-0.39, 0.29) is 5.41 Å². The van der Waals surface area contributed by atoms with Crippen molar-refractivity contribution in [2.75, 3.05) is 0 Å². The van der Waals surface area contributed by atoms with Gasteiger partial charge in [-0.2, -0.15) is 0 Å². The second-order valence-corrected chi connectivity index (χ2v) is 5.59. The van der Waals surface area contributed by atoms with Crippen molar-refractivity contribution in [2.24, 2.45) is 5.41 Å². The Balaban J connectivity index is 2.08. The lowest BCUT2D eigenvalue weighted by Crippen LogP contribution is -2.16. The maximum Gasteiger partial charge on any atom is 0.133 e. The number of ketones is 1. The molecule has 0 aliphatic heterocycles. The minimum Gasteiger partial charge on any atom is -0.300 e. The highest BCUT2D eigenvalue weighted by Gasteiger charge is 2.34. The Kier molecular flexibility index (Phi) is 2.91. The summed E-state index contributed by atoms with van der Waals surface area (Å²) in [4.78, 5) is 15.6. The zero-order valence-corrected chi connectivity index (χ0v) is 10.4. The summed E-state index contributed by atoms with van der Waals surface area (Å²) in [6.45, 7) is 2.18. The van der Waals surface area contributed by atoms with E-state index in [1.807, 2.05) is 18.3 Å². The molecule has 1 atom stereocenters. The fourth-order valence-corrected chi connectivity index (χ4v) is 2.43. The van der Waals surface area contributed by atoms with Gasteiger partial charge in [-0.1, -0.05) is 6.92 Å². The topological polar surface area (TPSA) is 30.0 Å². The van der Waals surface area contributed by atoms with Crippen LogP contribution in [0.3, 0.4) is 0 Å². The average molecular weight is 268 g/mol. The largest absolute Gasteiger partial charge is 0.300 e. The summed E-state index contributed by atoms with van der Waals surface area (Å²) in [5.41, 5.74) is 1.22. The van der Waals surface area contributed by atoms with Gasteiger partial charge in [0.15, 0.2) is 0 Å². The molecular formula is C12H14BrNO. The number of carbonyl (C=O) groups is 1. The van der Waals surface area contributed by atoms with Gasteiger partial charge in [0, 0.05) is 29.2 Å². The first-order valence-electron chi connectivity index (χ1n) is 5.20. The molecule has 1 aromatic heterocycles. The number of halogens is 1. The molecule has 2 nitrogen and oxygen atoms in total. The Labute approximate surface area is 98.2 Å². The van der Waals surface area contributed by atoms with E-state index in [0.29, 0.717) is 12.2 Å². The first-order valence-corrected chi connectivity index (χ1v) is 5.99. The number of nitrogens with zero attached hydrogens (tertiary/aromatic N) is 1. The minimum atomic E-state index is 0.137. The van der Waals surface area contributed by atoms with E-state index < -0.39 is 0 Å². The number of hydrogen-bond acceptors (Lipinski definition) is 2. The van der Waals surface area contributed by atoms with Crippen molar-refractivity contribution >= 4 is 21.7 Å². The summed E-state index contributed by atoms with van der Waals surface area (Å²) in [5, 5.41) is 0. The Morgan fingerprint density at radius 1 is 1.53 bits per heavy atom. The van der Waals surface area contributed by atoms with E-state index in [4.69, 9.17) is 0 Å². The second-order valence-electron chi connectivity index (χ2n) is 4.67. The van der Waals surface area contributed by atoms with Crippen molar-refractivity contribution in [3.8, 4) is 0 Å². The van der Waals surface area contributed by atoms with E-state index in [1.54, 1.807) is 0 Å². The SMILES string of the molecule is CC1(Cc2ccc(Br)cn2)CCC(=O)C1. The van der Waals surface area contributed by atoms with Gasteiger partial charge in [0.05, 0.1) is 0 Å². The van der Waals surface area contributed by atoms with Crippen LogP contribution in [0.25, 0.3) is 0 Å². The minimum absolute atomic E-state index is 0.137.